The summed E-state index contributed by atoms with van der Waals surface area (Å²) < 4.78 is 9.93. The van der Waals surface area contributed by atoms with E-state index in [4.69, 9.17) is 10.5 Å². The predicted molar refractivity (Wildman–Crippen MR) is 61.2 cm³/mol. The van der Waals surface area contributed by atoms with Gasteiger partial charge in [0.2, 0.25) is 0 Å². The van der Waals surface area contributed by atoms with Crippen molar-refractivity contribution >= 4 is 5.97 Å². The molecule has 0 heterocycles. The molecular weight excluding hydrogens is 206 g/mol. The van der Waals surface area contributed by atoms with Gasteiger partial charge in [0.05, 0.1) is 20.1 Å². The number of hydrogen-bond donors (Lipinski definition) is 1. The maximum atomic E-state index is 11.1. The lowest BCUT2D eigenvalue weighted by atomic mass is 10.0. The van der Waals surface area contributed by atoms with E-state index < -0.39 is 0 Å². The first-order valence-electron chi connectivity index (χ1n) is 5.22. The second kappa shape index (κ2) is 6.12. The highest BCUT2D eigenvalue weighted by Gasteiger charge is 2.12. The first-order valence-corrected chi connectivity index (χ1v) is 5.22. The average molecular weight is 223 g/mol. The van der Waals surface area contributed by atoms with Crippen molar-refractivity contribution in [2.45, 2.75) is 19.4 Å². The van der Waals surface area contributed by atoms with Crippen LogP contribution in [0.25, 0.3) is 0 Å². The van der Waals surface area contributed by atoms with E-state index in [9.17, 15) is 4.79 Å². The van der Waals surface area contributed by atoms with Gasteiger partial charge in [0.1, 0.15) is 5.75 Å². The molecule has 0 aliphatic carbocycles. The number of carbonyl (C=O) groups is 1. The second-order valence-electron chi connectivity index (χ2n) is 3.39. The van der Waals surface area contributed by atoms with Crippen LogP contribution in [0.2, 0.25) is 0 Å². The highest BCUT2D eigenvalue weighted by atomic mass is 16.5. The SMILES string of the molecule is CCOc1cccc([C@H](N)CC(=O)OC)c1. The lowest BCUT2D eigenvalue weighted by Crippen LogP contribution is -2.16. The first kappa shape index (κ1) is 12.5. The summed E-state index contributed by atoms with van der Waals surface area (Å²) in [6.07, 6.45) is 0.173. The van der Waals surface area contributed by atoms with Gasteiger partial charge in [-0.1, -0.05) is 12.1 Å². The minimum atomic E-state index is -0.354. The van der Waals surface area contributed by atoms with Crippen molar-refractivity contribution in [3.63, 3.8) is 0 Å². The van der Waals surface area contributed by atoms with Crippen molar-refractivity contribution in [1.82, 2.24) is 0 Å². The van der Waals surface area contributed by atoms with Crippen LogP contribution in [0.15, 0.2) is 24.3 Å². The van der Waals surface area contributed by atoms with Crippen LogP contribution in [0, 0.1) is 0 Å². The Morgan fingerprint density at radius 2 is 2.25 bits per heavy atom. The van der Waals surface area contributed by atoms with Gasteiger partial charge in [-0.05, 0) is 24.6 Å². The number of ether oxygens (including phenoxy) is 2. The second-order valence-corrected chi connectivity index (χ2v) is 3.39. The molecule has 1 aromatic rings. The Bertz CT molecular complexity index is 352. The third-order valence-corrected chi connectivity index (χ3v) is 2.21. The van der Waals surface area contributed by atoms with Crippen LogP contribution >= 0.6 is 0 Å². The minimum Gasteiger partial charge on any atom is -0.494 e. The van der Waals surface area contributed by atoms with Crippen molar-refractivity contribution in [2.75, 3.05) is 13.7 Å². The Labute approximate surface area is 95.3 Å². The fourth-order valence-electron chi connectivity index (χ4n) is 1.38. The van der Waals surface area contributed by atoms with E-state index in [0.717, 1.165) is 11.3 Å². The van der Waals surface area contributed by atoms with Gasteiger partial charge in [-0.3, -0.25) is 4.79 Å². The molecule has 4 nitrogen and oxygen atoms in total. The Hall–Kier alpha value is -1.55. The number of benzene rings is 1. The molecule has 0 aromatic heterocycles. The van der Waals surface area contributed by atoms with E-state index in [1.54, 1.807) is 0 Å². The van der Waals surface area contributed by atoms with Gasteiger partial charge in [-0.2, -0.15) is 0 Å². The molecular formula is C12H17NO3. The summed E-state index contributed by atoms with van der Waals surface area (Å²) in [5.74, 6) is 0.453. The van der Waals surface area contributed by atoms with Crippen molar-refractivity contribution in [3.8, 4) is 5.75 Å². The molecule has 0 radical (unpaired) electrons. The molecule has 0 spiro atoms. The largest absolute Gasteiger partial charge is 0.494 e. The summed E-state index contributed by atoms with van der Waals surface area (Å²) in [6.45, 7) is 2.52. The third kappa shape index (κ3) is 3.55. The summed E-state index contributed by atoms with van der Waals surface area (Å²) in [5.41, 5.74) is 6.75. The lowest BCUT2D eigenvalue weighted by Gasteiger charge is -2.12. The van der Waals surface area contributed by atoms with E-state index in [1.807, 2.05) is 31.2 Å². The van der Waals surface area contributed by atoms with Crippen LogP contribution in [-0.2, 0) is 9.53 Å². The number of rotatable bonds is 5. The van der Waals surface area contributed by atoms with Crippen LogP contribution in [0.4, 0.5) is 0 Å². The molecule has 0 aliphatic heterocycles. The number of methoxy groups -OCH3 is 1. The van der Waals surface area contributed by atoms with E-state index in [-0.39, 0.29) is 18.4 Å². The molecule has 1 aromatic carbocycles. The monoisotopic (exact) mass is 223 g/mol. The summed E-state index contributed by atoms with van der Waals surface area (Å²) in [7, 11) is 1.35. The van der Waals surface area contributed by atoms with Gasteiger partial charge in [-0.15, -0.1) is 0 Å². The fourth-order valence-corrected chi connectivity index (χ4v) is 1.38. The average Bonchev–Trinajstić information content (AvgIpc) is 2.29. The van der Waals surface area contributed by atoms with Crippen LogP contribution in [0.5, 0.6) is 5.75 Å². The Morgan fingerprint density at radius 1 is 1.50 bits per heavy atom. The van der Waals surface area contributed by atoms with Crippen LogP contribution in [0.3, 0.4) is 0 Å². The molecule has 0 fully saturated rings. The topological polar surface area (TPSA) is 61.5 Å². The van der Waals surface area contributed by atoms with Crippen LogP contribution in [-0.4, -0.2) is 19.7 Å². The standard InChI is InChI=1S/C12H17NO3/c1-3-16-10-6-4-5-9(7-10)11(13)8-12(14)15-2/h4-7,11H,3,8,13H2,1-2H3/t11-/m1/s1. The molecule has 4 heteroatoms. The van der Waals surface area contributed by atoms with E-state index in [2.05, 4.69) is 4.74 Å². The Morgan fingerprint density at radius 3 is 2.88 bits per heavy atom. The third-order valence-electron chi connectivity index (χ3n) is 2.21. The molecule has 0 aliphatic rings. The van der Waals surface area contributed by atoms with Gasteiger partial charge in [0, 0.05) is 6.04 Å². The maximum Gasteiger partial charge on any atom is 0.307 e. The number of esters is 1. The van der Waals surface area contributed by atoms with Gasteiger partial charge >= 0.3 is 5.97 Å². The molecule has 88 valence electrons. The highest BCUT2D eigenvalue weighted by Crippen LogP contribution is 2.20. The summed E-state index contributed by atoms with van der Waals surface area (Å²) in [6, 6.07) is 7.08. The zero-order valence-corrected chi connectivity index (χ0v) is 9.60. The van der Waals surface area contributed by atoms with Gasteiger partial charge in [-0.25, -0.2) is 0 Å². The summed E-state index contributed by atoms with van der Waals surface area (Å²) >= 11 is 0. The van der Waals surface area contributed by atoms with Gasteiger partial charge in [0.15, 0.2) is 0 Å². The zero-order chi connectivity index (χ0) is 12.0. The van der Waals surface area contributed by atoms with E-state index >= 15 is 0 Å². The quantitative estimate of drug-likeness (QED) is 0.771. The molecule has 0 bridgehead atoms. The normalized spacial score (nSPS) is 11.9. The molecule has 0 amide bonds. The molecule has 16 heavy (non-hydrogen) atoms. The van der Waals surface area contributed by atoms with Crippen molar-refractivity contribution in [3.05, 3.63) is 29.8 Å². The number of nitrogens with two attached hydrogens (primary N) is 1. The number of hydrogen-bond acceptors (Lipinski definition) is 4. The minimum absolute atomic E-state index is 0.173. The molecule has 0 unspecified atom stereocenters. The molecule has 0 saturated heterocycles. The molecule has 1 atom stereocenters. The summed E-state index contributed by atoms with van der Waals surface area (Å²) in [4.78, 5) is 11.1. The highest BCUT2D eigenvalue weighted by molar-refractivity contribution is 5.70. The molecule has 0 saturated carbocycles. The lowest BCUT2D eigenvalue weighted by molar-refractivity contribution is -0.141. The number of carbonyl (C=O) groups excluding carboxylic acids is 1. The van der Waals surface area contributed by atoms with Crippen molar-refractivity contribution in [1.29, 1.82) is 0 Å². The predicted octanol–water partition coefficient (Wildman–Crippen LogP) is 1.65. The smallest absolute Gasteiger partial charge is 0.307 e. The maximum absolute atomic E-state index is 11.1. The Balaban J connectivity index is 2.71. The van der Waals surface area contributed by atoms with Gasteiger partial charge < -0.3 is 15.2 Å². The fraction of sp³-hybridized carbons (Fsp3) is 0.417. The molecule has 2 N–H and O–H groups in total. The van der Waals surface area contributed by atoms with Gasteiger partial charge in [0.25, 0.3) is 0 Å². The van der Waals surface area contributed by atoms with Crippen LogP contribution < -0.4 is 10.5 Å². The van der Waals surface area contributed by atoms with Crippen LogP contribution in [0.1, 0.15) is 24.9 Å². The Kier molecular flexibility index (Phi) is 4.79. The van der Waals surface area contributed by atoms with E-state index in [0.29, 0.717) is 6.61 Å². The molecule has 1 rings (SSSR count). The first-order chi connectivity index (χ1) is 7.67. The summed E-state index contributed by atoms with van der Waals surface area (Å²) in [5, 5.41) is 0. The zero-order valence-electron chi connectivity index (χ0n) is 9.60. The van der Waals surface area contributed by atoms with E-state index in [1.165, 1.54) is 7.11 Å². The van der Waals surface area contributed by atoms with Crippen molar-refractivity contribution in [2.24, 2.45) is 5.73 Å². The van der Waals surface area contributed by atoms with Crippen molar-refractivity contribution < 1.29 is 14.3 Å².